The van der Waals surface area contributed by atoms with Gasteiger partial charge in [-0.25, -0.2) is 9.59 Å². The summed E-state index contributed by atoms with van der Waals surface area (Å²) in [7, 11) is 0. The molecular weight excluding hydrogens is 248 g/mol. The van der Waals surface area contributed by atoms with E-state index in [4.69, 9.17) is 9.47 Å². The van der Waals surface area contributed by atoms with Crippen molar-refractivity contribution < 1.29 is 19.1 Å². The van der Waals surface area contributed by atoms with E-state index in [1.807, 2.05) is 0 Å². The van der Waals surface area contributed by atoms with Crippen molar-refractivity contribution in [1.29, 1.82) is 0 Å². The average molecular weight is 268 g/mol. The van der Waals surface area contributed by atoms with E-state index >= 15 is 0 Å². The van der Waals surface area contributed by atoms with Crippen molar-refractivity contribution >= 4 is 12.2 Å². The Bertz CT molecular complexity index is 411. The van der Waals surface area contributed by atoms with E-state index in [1.54, 1.807) is 26.9 Å². The maximum absolute atomic E-state index is 12.0. The Labute approximate surface area is 112 Å². The molecule has 1 N–H and O–H groups in total. The third-order valence-electron chi connectivity index (χ3n) is 3.64. The molecular formula is C13H20N2O4. The van der Waals surface area contributed by atoms with Gasteiger partial charge in [-0.05, 0) is 40.0 Å². The zero-order valence-corrected chi connectivity index (χ0v) is 11.6. The lowest BCUT2D eigenvalue weighted by Crippen LogP contribution is -2.59. The molecule has 1 saturated heterocycles. The molecule has 1 atom stereocenters. The summed E-state index contributed by atoms with van der Waals surface area (Å²) in [6.45, 7) is 6.33. The molecule has 1 amide bonds. The summed E-state index contributed by atoms with van der Waals surface area (Å²) in [4.78, 5) is 26.5. The van der Waals surface area contributed by atoms with Gasteiger partial charge in [0.2, 0.25) is 6.08 Å². The molecule has 106 valence electrons. The van der Waals surface area contributed by atoms with Crippen molar-refractivity contribution in [2.75, 3.05) is 13.2 Å². The lowest BCUT2D eigenvalue weighted by molar-refractivity contribution is 0.0408. The van der Waals surface area contributed by atoms with Crippen LogP contribution in [0.25, 0.3) is 0 Å². The van der Waals surface area contributed by atoms with E-state index in [9.17, 15) is 9.59 Å². The maximum atomic E-state index is 12.0. The molecule has 1 heterocycles. The molecule has 19 heavy (non-hydrogen) atoms. The fourth-order valence-electron chi connectivity index (χ4n) is 2.55. The van der Waals surface area contributed by atoms with E-state index in [0.717, 1.165) is 12.8 Å². The highest BCUT2D eigenvalue weighted by atomic mass is 16.6. The molecule has 1 unspecified atom stereocenters. The van der Waals surface area contributed by atoms with Crippen molar-refractivity contribution in [2.45, 2.75) is 56.7 Å². The van der Waals surface area contributed by atoms with Crippen LogP contribution in [-0.4, -0.2) is 42.1 Å². The van der Waals surface area contributed by atoms with Crippen LogP contribution < -0.4 is 5.32 Å². The summed E-state index contributed by atoms with van der Waals surface area (Å²) in [6.07, 6.45) is 3.29. The van der Waals surface area contributed by atoms with Gasteiger partial charge in [0.1, 0.15) is 5.60 Å². The van der Waals surface area contributed by atoms with Crippen molar-refractivity contribution in [3.05, 3.63) is 0 Å². The summed E-state index contributed by atoms with van der Waals surface area (Å²) < 4.78 is 10.7. The van der Waals surface area contributed by atoms with E-state index in [0.29, 0.717) is 19.6 Å². The largest absolute Gasteiger partial charge is 0.444 e. The minimum absolute atomic E-state index is 0.359. The number of alkyl carbamates (subject to hydrolysis) is 1. The van der Waals surface area contributed by atoms with Crippen LogP contribution in [-0.2, 0) is 14.3 Å². The second kappa shape index (κ2) is 4.62. The highest BCUT2D eigenvalue weighted by Gasteiger charge is 2.62. The number of rotatable bonds is 3. The highest BCUT2D eigenvalue weighted by Crippen LogP contribution is 2.51. The molecule has 0 spiro atoms. The molecule has 2 rings (SSSR count). The molecule has 2 aliphatic rings. The molecule has 0 aromatic carbocycles. The number of amides is 1. The number of hydrogen-bond acceptors (Lipinski definition) is 5. The number of hydrogen-bond donors (Lipinski definition) is 1. The minimum Gasteiger partial charge on any atom is -0.444 e. The SMILES string of the molecule is CC(C)(C)OC(=O)NC1(C2(N=C=O)CC2)CCOC1. The fourth-order valence-corrected chi connectivity index (χ4v) is 2.55. The average Bonchev–Trinajstić information content (AvgIpc) is 2.89. The Morgan fingerprint density at radius 3 is 2.47 bits per heavy atom. The Hall–Kier alpha value is -1.39. The van der Waals surface area contributed by atoms with Gasteiger partial charge in [-0.3, -0.25) is 0 Å². The predicted octanol–water partition coefficient (Wildman–Crippen LogP) is 1.54. The summed E-state index contributed by atoms with van der Waals surface area (Å²) in [5.74, 6) is 0. The Kier molecular flexibility index (Phi) is 3.41. The molecule has 1 saturated carbocycles. The molecule has 0 aromatic rings. The minimum atomic E-state index is -0.632. The summed E-state index contributed by atoms with van der Waals surface area (Å²) >= 11 is 0. The number of aliphatic imine (C=N–C) groups is 1. The predicted molar refractivity (Wildman–Crippen MR) is 67.6 cm³/mol. The zero-order valence-electron chi connectivity index (χ0n) is 11.6. The van der Waals surface area contributed by atoms with Gasteiger partial charge in [0.15, 0.2) is 0 Å². The number of ether oxygens (including phenoxy) is 2. The number of nitrogens with zero attached hydrogens (tertiary/aromatic N) is 1. The number of carbonyl (C=O) groups is 1. The van der Waals surface area contributed by atoms with Gasteiger partial charge in [-0.1, -0.05) is 0 Å². The second-order valence-corrected chi connectivity index (χ2v) is 6.25. The van der Waals surface area contributed by atoms with Crippen molar-refractivity contribution in [3.63, 3.8) is 0 Å². The molecule has 0 radical (unpaired) electrons. The summed E-state index contributed by atoms with van der Waals surface area (Å²) in [5, 5.41) is 2.88. The van der Waals surface area contributed by atoms with Crippen molar-refractivity contribution in [3.8, 4) is 0 Å². The van der Waals surface area contributed by atoms with Crippen LogP contribution in [0.5, 0.6) is 0 Å². The topological polar surface area (TPSA) is 77.0 Å². The van der Waals surface area contributed by atoms with Crippen LogP contribution in [0, 0.1) is 0 Å². The van der Waals surface area contributed by atoms with E-state index < -0.39 is 22.8 Å². The number of nitrogens with one attached hydrogen (secondary N) is 1. The first-order chi connectivity index (χ1) is 8.83. The lowest BCUT2D eigenvalue weighted by atomic mass is 9.87. The van der Waals surface area contributed by atoms with Crippen molar-refractivity contribution in [1.82, 2.24) is 5.32 Å². The standard InChI is InChI=1S/C13H20N2O4/c1-11(2,3)19-10(17)15-13(6-7-18-8-13)12(4-5-12)14-9-16/h4-8H2,1-3H3,(H,15,17). The van der Waals surface area contributed by atoms with Crippen LogP contribution in [0.3, 0.4) is 0 Å². The van der Waals surface area contributed by atoms with Crippen LogP contribution in [0.15, 0.2) is 4.99 Å². The third kappa shape index (κ3) is 2.80. The normalized spacial score (nSPS) is 28.4. The van der Waals surface area contributed by atoms with E-state index in [-0.39, 0.29) is 0 Å². The quantitative estimate of drug-likeness (QED) is 0.622. The first-order valence-electron chi connectivity index (χ1n) is 6.51. The van der Waals surface area contributed by atoms with Crippen LogP contribution in [0.2, 0.25) is 0 Å². The van der Waals surface area contributed by atoms with Crippen LogP contribution in [0.1, 0.15) is 40.0 Å². The van der Waals surface area contributed by atoms with Gasteiger partial charge in [-0.15, -0.1) is 0 Å². The van der Waals surface area contributed by atoms with Crippen LogP contribution in [0.4, 0.5) is 4.79 Å². The van der Waals surface area contributed by atoms with Gasteiger partial charge < -0.3 is 14.8 Å². The smallest absolute Gasteiger partial charge is 0.408 e. The van der Waals surface area contributed by atoms with Gasteiger partial charge in [0.05, 0.1) is 17.7 Å². The molecule has 1 aliphatic heterocycles. The summed E-state index contributed by atoms with van der Waals surface area (Å²) in [6, 6.07) is 0. The van der Waals surface area contributed by atoms with Crippen molar-refractivity contribution in [2.24, 2.45) is 4.99 Å². The molecule has 6 nitrogen and oxygen atoms in total. The van der Waals surface area contributed by atoms with Gasteiger partial charge >= 0.3 is 6.09 Å². The molecule has 0 aromatic heterocycles. The number of carbonyl (C=O) groups excluding carboxylic acids is 2. The molecule has 2 fully saturated rings. The summed E-state index contributed by atoms with van der Waals surface area (Å²) in [5.41, 5.74) is -1.75. The highest BCUT2D eigenvalue weighted by molar-refractivity contribution is 5.69. The first kappa shape index (κ1) is 14.0. The third-order valence-corrected chi connectivity index (χ3v) is 3.64. The number of isocyanates is 1. The lowest BCUT2D eigenvalue weighted by Gasteiger charge is -2.34. The monoisotopic (exact) mass is 268 g/mol. The zero-order chi connectivity index (χ0) is 14.1. The van der Waals surface area contributed by atoms with E-state index in [1.165, 1.54) is 0 Å². The van der Waals surface area contributed by atoms with Gasteiger partial charge in [-0.2, -0.15) is 4.99 Å². The first-order valence-corrected chi connectivity index (χ1v) is 6.51. The molecule has 6 heteroatoms. The second-order valence-electron chi connectivity index (χ2n) is 6.25. The van der Waals surface area contributed by atoms with Gasteiger partial charge in [0.25, 0.3) is 0 Å². The van der Waals surface area contributed by atoms with Crippen LogP contribution >= 0.6 is 0 Å². The Morgan fingerprint density at radius 1 is 1.37 bits per heavy atom. The van der Waals surface area contributed by atoms with Gasteiger partial charge in [0, 0.05) is 6.61 Å². The van der Waals surface area contributed by atoms with E-state index in [2.05, 4.69) is 10.3 Å². The fraction of sp³-hybridized carbons (Fsp3) is 0.846. The molecule has 0 bridgehead atoms. The molecule has 1 aliphatic carbocycles. The Balaban J connectivity index is 2.13. The maximum Gasteiger partial charge on any atom is 0.408 e. The Morgan fingerprint density at radius 2 is 2.05 bits per heavy atom.